The number of nitrogens with zero attached hydrogens (tertiary/aromatic N) is 2. The summed E-state index contributed by atoms with van der Waals surface area (Å²) in [5.74, 6) is 0.342. The second kappa shape index (κ2) is 7.60. The molecule has 18 heavy (non-hydrogen) atoms. The maximum absolute atomic E-state index is 11.1. The van der Waals surface area contributed by atoms with Gasteiger partial charge in [0.2, 0.25) is 5.88 Å². The quantitative estimate of drug-likeness (QED) is 0.540. The van der Waals surface area contributed by atoms with Crippen LogP contribution in [0.5, 0.6) is 5.88 Å². The van der Waals surface area contributed by atoms with Crippen LogP contribution in [0.25, 0.3) is 0 Å². The van der Waals surface area contributed by atoms with Crippen molar-refractivity contribution < 1.29 is 19.0 Å². The third-order valence-electron chi connectivity index (χ3n) is 1.95. The normalized spacial score (nSPS) is 10.4. The number of esters is 1. The van der Waals surface area contributed by atoms with Crippen LogP contribution in [-0.2, 0) is 9.47 Å². The maximum Gasteiger partial charge on any atom is 0.358 e. The molecule has 0 bridgehead atoms. The number of aromatic nitrogens is 2. The van der Waals surface area contributed by atoms with E-state index in [1.54, 1.807) is 0 Å². The molecule has 0 aliphatic rings. The van der Waals surface area contributed by atoms with Gasteiger partial charge < -0.3 is 14.2 Å². The average molecular weight is 254 g/mol. The van der Waals surface area contributed by atoms with E-state index in [9.17, 15) is 4.79 Å². The molecular formula is C12H18N2O4. The van der Waals surface area contributed by atoms with Crippen molar-refractivity contribution in [2.45, 2.75) is 13.8 Å². The molecule has 6 nitrogen and oxygen atoms in total. The minimum Gasteiger partial charge on any atom is -0.474 e. The van der Waals surface area contributed by atoms with Gasteiger partial charge in [-0.25, -0.2) is 14.8 Å². The Balaban J connectivity index is 2.29. The molecule has 0 atom stereocenters. The number of methoxy groups -OCH3 is 1. The van der Waals surface area contributed by atoms with Gasteiger partial charge in [0.1, 0.15) is 6.61 Å². The largest absolute Gasteiger partial charge is 0.474 e. The van der Waals surface area contributed by atoms with Gasteiger partial charge in [0, 0.05) is 6.61 Å². The predicted octanol–water partition coefficient (Wildman–Crippen LogP) is 1.31. The van der Waals surface area contributed by atoms with E-state index < -0.39 is 5.97 Å². The molecule has 0 aliphatic carbocycles. The highest BCUT2D eigenvalue weighted by atomic mass is 16.5. The van der Waals surface area contributed by atoms with E-state index in [0.717, 1.165) is 0 Å². The number of ether oxygens (including phenoxy) is 3. The first-order valence-electron chi connectivity index (χ1n) is 5.74. The van der Waals surface area contributed by atoms with Gasteiger partial charge in [0.25, 0.3) is 0 Å². The van der Waals surface area contributed by atoms with E-state index in [2.05, 4.69) is 28.6 Å². The van der Waals surface area contributed by atoms with E-state index >= 15 is 0 Å². The van der Waals surface area contributed by atoms with Crippen LogP contribution in [0.15, 0.2) is 12.4 Å². The Kier molecular flexibility index (Phi) is 6.07. The third kappa shape index (κ3) is 5.09. The molecule has 0 fully saturated rings. The zero-order chi connectivity index (χ0) is 13.4. The molecule has 0 aromatic carbocycles. The first-order valence-corrected chi connectivity index (χ1v) is 5.74. The number of hydrogen-bond donors (Lipinski definition) is 0. The Morgan fingerprint density at radius 3 is 2.61 bits per heavy atom. The number of hydrogen-bond acceptors (Lipinski definition) is 6. The summed E-state index contributed by atoms with van der Waals surface area (Å²) in [6, 6.07) is 0. The highest BCUT2D eigenvalue weighted by Gasteiger charge is 2.07. The molecule has 0 radical (unpaired) electrons. The predicted molar refractivity (Wildman–Crippen MR) is 64.5 cm³/mol. The lowest BCUT2D eigenvalue weighted by atomic mass is 10.2. The topological polar surface area (TPSA) is 70.5 Å². The first kappa shape index (κ1) is 14.4. The van der Waals surface area contributed by atoms with E-state index in [-0.39, 0.29) is 5.69 Å². The monoisotopic (exact) mass is 254 g/mol. The lowest BCUT2D eigenvalue weighted by Crippen LogP contribution is -2.11. The van der Waals surface area contributed by atoms with E-state index in [1.807, 2.05) is 0 Å². The molecule has 0 saturated carbocycles. The van der Waals surface area contributed by atoms with Crippen molar-refractivity contribution in [2.24, 2.45) is 5.92 Å². The standard InChI is InChI=1S/C12H18N2O4/c1-9(2)8-17-4-5-18-11-7-13-10(6-14-11)12(15)16-3/h6-7,9H,4-5,8H2,1-3H3. The summed E-state index contributed by atoms with van der Waals surface area (Å²) in [5, 5.41) is 0. The van der Waals surface area contributed by atoms with Crippen molar-refractivity contribution in [1.29, 1.82) is 0 Å². The van der Waals surface area contributed by atoms with Crippen molar-refractivity contribution in [3.63, 3.8) is 0 Å². The lowest BCUT2D eigenvalue weighted by molar-refractivity contribution is 0.0592. The molecule has 0 unspecified atom stereocenters. The number of carbonyl (C=O) groups excluding carboxylic acids is 1. The molecular weight excluding hydrogens is 236 g/mol. The van der Waals surface area contributed by atoms with Crippen LogP contribution in [0.2, 0.25) is 0 Å². The number of rotatable bonds is 7. The average Bonchev–Trinajstić information content (AvgIpc) is 2.38. The van der Waals surface area contributed by atoms with Gasteiger partial charge >= 0.3 is 5.97 Å². The van der Waals surface area contributed by atoms with E-state index in [1.165, 1.54) is 19.5 Å². The smallest absolute Gasteiger partial charge is 0.358 e. The van der Waals surface area contributed by atoms with Gasteiger partial charge in [-0.15, -0.1) is 0 Å². The van der Waals surface area contributed by atoms with E-state index in [4.69, 9.17) is 9.47 Å². The minimum absolute atomic E-state index is 0.154. The van der Waals surface area contributed by atoms with Gasteiger partial charge in [0.15, 0.2) is 5.69 Å². The van der Waals surface area contributed by atoms with Gasteiger partial charge in [-0.05, 0) is 5.92 Å². The fraction of sp³-hybridized carbons (Fsp3) is 0.583. The van der Waals surface area contributed by atoms with Crippen LogP contribution in [0.1, 0.15) is 24.3 Å². The Labute approximate surface area is 106 Å². The Morgan fingerprint density at radius 2 is 2.06 bits per heavy atom. The third-order valence-corrected chi connectivity index (χ3v) is 1.95. The van der Waals surface area contributed by atoms with Crippen LogP contribution < -0.4 is 4.74 Å². The minimum atomic E-state index is -0.519. The molecule has 6 heteroatoms. The summed E-state index contributed by atoms with van der Waals surface area (Å²) in [4.78, 5) is 18.9. The fourth-order valence-electron chi connectivity index (χ4n) is 1.12. The van der Waals surface area contributed by atoms with Crippen LogP contribution in [0, 0.1) is 5.92 Å². The molecule has 100 valence electrons. The van der Waals surface area contributed by atoms with Gasteiger partial charge in [-0.3, -0.25) is 0 Å². The second-order valence-electron chi connectivity index (χ2n) is 4.05. The van der Waals surface area contributed by atoms with Crippen LogP contribution >= 0.6 is 0 Å². The molecule has 0 spiro atoms. The molecule has 1 aromatic rings. The zero-order valence-electron chi connectivity index (χ0n) is 10.9. The van der Waals surface area contributed by atoms with Crippen molar-refractivity contribution in [2.75, 3.05) is 26.9 Å². The molecule has 0 saturated heterocycles. The Bertz CT molecular complexity index is 365. The molecule has 0 N–H and O–H groups in total. The molecule has 1 heterocycles. The lowest BCUT2D eigenvalue weighted by Gasteiger charge is -2.07. The first-order chi connectivity index (χ1) is 8.63. The molecule has 0 aliphatic heterocycles. The maximum atomic E-state index is 11.1. The molecule has 1 aromatic heterocycles. The summed E-state index contributed by atoms with van der Waals surface area (Å²) < 4.78 is 15.2. The van der Waals surface area contributed by atoms with Gasteiger partial charge in [-0.2, -0.15) is 0 Å². The zero-order valence-corrected chi connectivity index (χ0v) is 10.9. The summed E-state index contributed by atoms with van der Waals surface area (Å²) in [5.41, 5.74) is 0.154. The highest BCUT2D eigenvalue weighted by Crippen LogP contribution is 2.04. The Morgan fingerprint density at radius 1 is 1.28 bits per heavy atom. The fourth-order valence-corrected chi connectivity index (χ4v) is 1.12. The van der Waals surface area contributed by atoms with Crippen molar-refractivity contribution in [3.05, 3.63) is 18.1 Å². The van der Waals surface area contributed by atoms with Crippen LogP contribution in [0.3, 0.4) is 0 Å². The summed E-state index contributed by atoms with van der Waals surface area (Å²) in [6.45, 7) is 5.77. The molecule has 0 amide bonds. The SMILES string of the molecule is COC(=O)c1cnc(OCCOCC(C)C)cn1. The van der Waals surface area contributed by atoms with E-state index in [0.29, 0.717) is 31.6 Å². The highest BCUT2D eigenvalue weighted by molar-refractivity contribution is 5.86. The molecule has 1 rings (SSSR count). The second-order valence-corrected chi connectivity index (χ2v) is 4.05. The van der Waals surface area contributed by atoms with Crippen molar-refractivity contribution in [3.8, 4) is 5.88 Å². The number of carbonyl (C=O) groups is 1. The van der Waals surface area contributed by atoms with Crippen LogP contribution in [-0.4, -0.2) is 42.9 Å². The summed E-state index contributed by atoms with van der Waals surface area (Å²) >= 11 is 0. The van der Waals surface area contributed by atoms with Gasteiger partial charge in [0.05, 0.1) is 26.1 Å². The Hall–Kier alpha value is -1.69. The summed E-state index contributed by atoms with van der Waals surface area (Å²) in [6.07, 6.45) is 2.70. The van der Waals surface area contributed by atoms with Crippen molar-refractivity contribution in [1.82, 2.24) is 9.97 Å². The summed E-state index contributed by atoms with van der Waals surface area (Å²) in [7, 11) is 1.29. The van der Waals surface area contributed by atoms with Crippen LogP contribution in [0.4, 0.5) is 0 Å². The van der Waals surface area contributed by atoms with Gasteiger partial charge in [-0.1, -0.05) is 13.8 Å². The van der Waals surface area contributed by atoms with Crippen molar-refractivity contribution >= 4 is 5.97 Å².